The highest BCUT2D eigenvalue weighted by Crippen LogP contribution is 2.38. The van der Waals surface area contributed by atoms with E-state index in [-0.39, 0.29) is 30.1 Å². The number of thiazole rings is 1. The number of rotatable bonds is 6. The molecule has 4 aromatic rings. The van der Waals surface area contributed by atoms with Crippen LogP contribution in [0.4, 0.5) is 0 Å². The Balaban J connectivity index is 1.47. The molecular formula is C30H23ClN2O8S. The molecule has 4 heterocycles. The highest BCUT2D eigenvalue weighted by atomic mass is 35.5. The van der Waals surface area contributed by atoms with Crippen molar-refractivity contribution in [3.63, 3.8) is 0 Å². The summed E-state index contributed by atoms with van der Waals surface area (Å²) in [5.74, 6) is 0.734. The van der Waals surface area contributed by atoms with E-state index in [1.54, 1.807) is 68.5 Å². The normalized spacial score (nSPS) is 15.8. The van der Waals surface area contributed by atoms with Crippen LogP contribution in [-0.4, -0.2) is 37.0 Å². The van der Waals surface area contributed by atoms with Gasteiger partial charge < -0.3 is 23.4 Å². The topological polar surface area (TPSA) is 119 Å². The van der Waals surface area contributed by atoms with E-state index < -0.39 is 18.0 Å². The van der Waals surface area contributed by atoms with Gasteiger partial charge in [0.1, 0.15) is 11.5 Å². The number of nitrogens with zero attached hydrogens (tertiary/aromatic N) is 2. The van der Waals surface area contributed by atoms with Crippen molar-refractivity contribution < 1.29 is 33.0 Å². The first-order valence-electron chi connectivity index (χ1n) is 12.9. The summed E-state index contributed by atoms with van der Waals surface area (Å²) >= 11 is 7.35. The zero-order valence-corrected chi connectivity index (χ0v) is 24.2. The first-order chi connectivity index (χ1) is 20.3. The Morgan fingerprint density at radius 2 is 1.93 bits per heavy atom. The smallest absolute Gasteiger partial charge is 0.338 e. The molecule has 10 nitrogen and oxygen atoms in total. The minimum absolute atomic E-state index is 0.0859. The standard InChI is InChI=1S/C30H23ClN2O8S/c1-4-38-29(36)25-15(2)32-30-33(26(25)16-5-9-22-23(11-16)40-14-39-22)27(34)24(42-30)13-18-7-10-21(41-18)20-12-17(31)6-8-19(20)28(35)37-3/h5-13,26H,4,14H2,1-3H3/b24-13+/t26-/m0/s1. The number of hydrogen-bond donors (Lipinski definition) is 0. The maximum Gasteiger partial charge on any atom is 0.338 e. The first kappa shape index (κ1) is 27.6. The molecule has 0 amide bonds. The molecule has 0 bridgehead atoms. The predicted octanol–water partition coefficient (Wildman–Crippen LogP) is 4.23. The first-order valence-corrected chi connectivity index (χ1v) is 14.1. The Labute approximate surface area is 247 Å². The van der Waals surface area contributed by atoms with Gasteiger partial charge in [-0.2, -0.15) is 0 Å². The average Bonchev–Trinajstić information content (AvgIpc) is 3.71. The summed E-state index contributed by atoms with van der Waals surface area (Å²) in [6.07, 6.45) is 1.59. The lowest BCUT2D eigenvalue weighted by molar-refractivity contribution is -0.139. The van der Waals surface area contributed by atoms with Crippen LogP contribution in [0.2, 0.25) is 5.02 Å². The molecule has 0 radical (unpaired) electrons. The van der Waals surface area contributed by atoms with Crippen molar-refractivity contribution in [1.29, 1.82) is 0 Å². The third-order valence-corrected chi connectivity index (χ3v) is 8.00. The van der Waals surface area contributed by atoms with E-state index in [4.69, 9.17) is 35.0 Å². The van der Waals surface area contributed by atoms with Gasteiger partial charge >= 0.3 is 11.9 Å². The molecule has 0 aliphatic carbocycles. The number of aromatic nitrogens is 1. The van der Waals surface area contributed by atoms with Crippen molar-refractivity contribution in [2.24, 2.45) is 4.99 Å². The van der Waals surface area contributed by atoms with Crippen molar-refractivity contribution in [1.82, 2.24) is 4.57 Å². The fraction of sp³-hybridized carbons (Fsp3) is 0.200. The van der Waals surface area contributed by atoms with Gasteiger partial charge in [0.2, 0.25) is 6.79 Å². The van der Waals surface area contributed by atoms with Gasteiger partial charge in [0.15, 0.2) is 16.3 Å². The summed E-state index contributed by atoms with van der Waals surface area (Å²) < 4.78 is 29.1. The number of ether oxygens (including phenoxy) is 4. The summed E-state index contributed by atoms with van der Waals surface area (Å²) in [5.41, 5.74) is 1.71. The van der Waals surface area contributed by atoms with E-state index in [9.17, 15) is 14.4 Å². The molecule has 42 heavy (non-hydrogen) atoms. The van der Waals surface area contributed by atoms with Crippen LogP contribution < -0.4 is 24.4 Å². The SMILES string of the molecule is CCOC(=O)C1=C(C)N=c2s/c(=C/c3ccc(-c4cc(Cl)ccc4C(=O)OC)o3)c(=O)n2[C@H]1c1ccc2c(c1)OCO2. The number of esters is 2. The molecule has 2 aliphatic heterocycles. The number of furan rings is 1. The van der Waals surface area contributed by atoms with Crippen molar-refractivity contribution >= 4 is 41.0 Å². The maximum absolute atomic E-state index is 13.9. The van der Waals surface area contributed by atoms with Crippen molar-refractivity contribution in [2.45, 2.75) is 19.9 Å². The van der Waals surface area contributed by atoms with Gasteiger partial charge in [-0.25, -0.2) is 14.6 Å². The number of benzene rings is 2. The number of allylic oxidation sites excluding steroid dienone is 1. The maximum atomic E-state index is 13.9. The van der Waals surface area contributed by atoms with E-state index in [1.165, 1.54) is 11.7 Å². The lowest BCUT2D eigenvalue weighted by atomic mass is 9.95. The molecule has 0 saturated carbocycles. The van der Waals surface area contributed by atoms with Crippen LogP contribution in [0.25, 0.3) is 17.4 Å². The van der Waals surface area contributed by atoms with Crippen LogP contribution in [0.3, 0.4) is 0 Å². The van der Waals surface area contributed by atoms with Crippen molar-refractivity contribution in [2.75, 3.05) is 20.5 Å². The molecule has 0 N–H and O–H groups in total. The van der Waals surface area contributed by atoms with E-state index in [2.05, 4.69) is 4.99 Å². The minimum atomic E-state index is -0.807. The third-order valence-electron chi connectivity index (χ3n) is 6.78. The Morgan fingerprint density at radius 3 is 2.71 bits per heavy atom. The summed E-state index contributed by atoms with van der Waals surface area (Å²) in [7, 11) is 1.29. The molecule has 0 fully saturated rings. The van der Waals surface area contributed by atoms with E-state index in [0.29, 0.717) is 54.2 Å². The van der Waals surface area contributed by atoms with E-state index in [1.807, 2.05) is 0 Å². The second-order valence-corrected chi connectivity index (χ2v) is 10.7. The van der Waals surface area contributed by atoms with Crippen molar-refractivity contribution in [3.8, 4) is 22.8 Å². The van der Waals surface area contributed by atoms with Crippen LogP contribution >= 0.6 is 22.9 Å². The van der Waals surface area contributed by atoms with Crippen LogP contribution in [0, 0.1) is 0 Å². The highest BCUT2D eigenvalue weighted by molar-refractivity contribution is 7.07. The van der Waals surface area contributed by atoms with Crippen LogP contribution in [-0.2, 0) is 14.3 Å². The lowest BCUT2D eigenvalue weighted by Crippen LogP contribution is -2.39. The summed E-state index contributed by atoms with van der Waals surface area (Å²) in [6, 6.07) is 12.6. The molecule has 12 heteroatoms. The average molecular weight is 607 g/mol. The lowest BCUT2D eigenvalue weighted by Gasteiger charge is -2.24. The Morgan fingerprint density at radius 1 is 1.12 bits per heavy atom. The number of hydrogen-bond acceptors (Lipinski definition) is 10. The zero-order chi connectivity index (χ0) is 29.5. The molecule has 2 aromatic carbocycles. The van der Waals surface area contributed by atoms with Crippen LogP contribution in [0.5, 0.6) is 11.5 Å². The van der Waals surface area contributed by atoms with Crippen LogP contribution in [0.1, 0.15) is 41.6 Å². The molecule has 1 atom stereocenters. The molecule has 2 aliphatic rings. The van der Waals surface area contributed by atoms with Crippen LogP contribution in [0.15, 0.2) is 74.0 Å². The number of fused-ring (bicyclic) bond motifs is 2. The van der Waals surface area contributed by atoms with Crippen molar-refractivity contribution in [3.05, 3.63) is 101 Å². The number of carbonyl (C=O) groups excluding carboxylic acids is 2. The number of carbonyl (C=O) groups is 2. The van der Waals surface area contributed by atoms with Gasteiger partial charge in [-0.15, -0.1) is 0 Å². The molecule has 6 rings (SSSR count). The third kappa shape index (κ3) is 4.80. The molecule has 0 spiro atoms. The number of halogens is 1. The number of methoxy groups -OCH3 is 1. The summed E-state index contributed by atoms with van der Waals surface area (Å²) in [4.78, 5) is 44.3. The molecule has 214 valence electrons. The molecular weight excluding hydrogens is 584 g/mol. The largest absolute Gasteiger partial charge is 0.465 e. The van der Waals surface area contributed by atoms with Gasteiger partial charge in [0.25, 0.3) is 5.56 Å². The van der Waals surface area contributed by atoms with Gasteiger partial charge in [-0.1, -0.05) is 29.0 Å². The van der Waals surface area contributed by atoms with E-state index >= 15 is 0 Å². The molecule has 0 saturated heterocycles. The van der Waals surface area contributed by atoms with Gasteiger partial charge in [0.05, 0.1) is 41.1 Å². The van der Waals surface area contributed by atoms with Gasteiger partial charge in [-0.05, 0) is 61.9 Å². The van der Waals surface area contributed by atoms with E-state index in [0.717, 1.165) is 11.3 Å². The zero-order valence-electron chi connectivity index (χ0n) is 22.6. The fourth-order valence-electron chi connectivity index (χ4n) is 4.90. The summed E-state index contributed by atoms with van der Waals surface area (Å²) in [6.45, 7) is 3.68. The quantitative estimate of drug-likeness (QED) is 0.299. The predicted molar refractivity (Wildman–Crippen MR) is 153 cm³/mol. The molecule has 0 unspecified atom stereocenters. The highest BCUT2D eigenvalue weighted by Gasteiger charge is 2.34. The molecule has 2 aromatic heterocycles. The van der Waals surface area contributed by atoms with Gasteiger partial charge in [0, 0.05) is 16.7 Å². The monoisotopic (exact) mass is 606 g/mol. The Bertz CT molecular complexity index is 1970. The Hall–Kier alpha value is -4.61. The Kier molecular flexibility index (Phi) is 7.21. The minimum Gasteiger partial charge on any atom is -0.465 e. The second kappa shape index (κ2) is 11.0. The summed E-state index contributed by atoms with van der Waals surface area (Å²) in [5, 5.41) is 0.417. The van der Waals surface area contributed by atoms with Gasteiger partial charge in [-0.3, -0.25) is 9.36 Å². The second-order valence-electron chi connectivity index (χ2n) is 9.30. The fourth-order valence-corrected chi connectivity index (χ4v) is 6.10.